The molecule has 0 fully saturated rings. The standard InChI is InChI=1S/C14H17BrN2O2/c1-10(2)17(7-3-4-14(18)19)13-6-5-12(15)8-11(13)9-16/h5-6,8,10H,3-4,7H2,1-2H3,(H,18,19). The predicted molar refractivity (Wildman–Crippen MR) is 78.2 cm³/mol. The van der Waals surface area contributed by atoms with Crippen molar-refractivity contribution < 1.29 is 9.90 Å². The number of halogens is 1. The van der Waals surface area contributed by atoms with E-state index < -0.39 is 5.97 Å². The maximum absolute atomic E-state index is 10.6. The van der Waals surface area contributed by atoms with Crippen LogP contribution in [0.2, 0.25) is 0 Å². The summed E-state index contributed by atoms with van der Waals surface area (Å²) < 4.78 is 0.863. The third-order valence-electron chi connectivity index (χ3n) is 2.80. The van der Waals surface area contributed by atoms with Crippen molar-refractivity contribution in [2.75, 3.05) is 11.4 Å². The largest absolute Gasteiger partial charge is 0.481 e. The van der Waals surface area contributed by atoms with Crippen LogP contribution in [0.4, 0.5) is 5.69 Å². The van der Waals surface area contributed by atoms with Gasteiger partial charge in [0.1, 0.15) is 6.07 Å². The van der Waals surface area contributed by atoms with E-state index in [1.807, 2.05) is 26.0 Å². The fourth-order valence-electron chi connectivity index (χ4n) is 1.91. The Hall–Kier alpha value is -1.54. The third-order valence-corrected chi connectivity index (χ3v) is 3.29. The van der Waals surface area contributed by atoms with Crippen molar-refractivity contribution in [3.63, 3.8) is 0 Å². The van der Waals surface area contributed by atoms with Gasteiger partial charge in [0.25, 0.3) is 0 Å². The van der Waals surface area contributed by atoms with E-state index in [9.17, 15) is 10.1 Å². The second-order valence-corrected chi connectivity index (χ2v) is 5.47. The van der Waals surface area contributed by atoms with Crippen LogP contribution in [0.25, 0.3) is 0 Å². The minimum Gasteiger partial charge on any atom is -0.481 e. The van der Waals surface area contributed by atoms with Gasteiger partial charge in [-0.15, -0.1) is 0 Å². The average Bonchev–Trinajstić information content (AvgIpc) is 2.34. The number of anilines is 1. The van der Waals surface area contributed by atoms with Crippen LogP contribution < -0.4 is 4.90 Å². The van der Waals surface area contributed by atoms with E-state index in [1.54, 1.807) is 6.07 Å². The normalized spacial score (nSPS) is 10.3. The van der Waals surface area contributed by atoms with Gasteiger partial charge in [0.05, 0.1) is 11.3 Å². The van der Waals surface area contributed by atoms with Gasteiger partial charge in [-0.3, -0.25) is 4.79 Å². The maximum atomic E-state index is 10.6. The summed E-state index contributed by atoms with van der Waals surface area (Å²) in [4.78, 5) is 12.6. The van der Waals surface area contributed by atoms with Crippen LogP contribution in [0, 0.1) is 11.3 Å². The van der Waals surface area contributed by atoms with Gasteiger partial charge < -0.3 is 10.0 Å². The average molecular weight is 325 g/mol. The minimum absolute atomic E-state index is 0.141. The zero-order valence-electron chi connectivity index (χ0n) is 11.1. The molecule has 0 saturated carbocycles. The molecule has 0 amide bonds. The number of carboxylic acids is 1. The number of hydrogen-bond acceptors (Lipinski definition) is 3. The molecular weight excluding hydrogens is 308 g/mol. The SMILES string of the molecule is CC(C)N(CCCC(=O)O)c1ccc(Br)cc1C#N. The minimum atomic E-state index is -0.792. The van der Waals surface area contributed by atoms with Crippen molar-refractivity contribution in [1.29, 1.82) is 5.26 Å². The van der Waals surface area contributed by atoms with Crippen molar-refractivity contribution in [2.24, 2.45) is 0 Å². The summed E-state index contributed by atoms with van der Waals surface area (Å²) in [6.45, 7) is 4.69. The van der Waals surface area contributed by atoms with Gasteiger partial charge >= 0.3 is 5.97 Å². The van der Waals surface area contributed by atoms with Crippen molar-refractivity contribution in [1.82, 2.24) is 0 Å². The molecule has 0 aliphatic rings. The lowest BCUT2D eigenvalue weighted by atomic mass is 10.1. The first-order chi connectivity index (χ1) is 8.95. The molecule has 0 aliphatic heterocycles. The summed E-state index contributed by atoms with van der Waals surface area (Å²) in [6.07, 6.45) is 0.704. The van der Waals surface area contributed by atoms with Crippen LogP contribution in [0.1, 0.15) is 32.3 Å². The van der Waals surface area contributed by atoms with Gasteiger partial charge in [-0.05, 0) is 38.5 Å². The molecule has 1 aromatic carbocycles. The van der Waals surface area contributed by atoms with Gasteiger partial charge in [-0.1, -0.05) is 15.9 Å². The number of aliphatic carboxylic acids is 1. The second-order valence-electron chi connectivity index (χ2n) is 4.56. The molecule has 1 rings (SSSR count). The molecule has 0 radical (unpaired) electrons. The topological polar surface area (TPSA) is 64.3 Å². The molecule has 0 aromatic heterocycles. The van der Waals surface area contributed by atoms with Crippen molar-refractivity contribution in [3.8, 4) is 6.07 Å². The Kier molecular flexibility index (Phi) is 5.84. The molecule has 0 atom stereocenters. The summed E-state index contributed by atoms with van der Waals surface area (Å²) >= 11 is 3.35. The molecule has 0 heterocycles. The Morgan fingerprint density at radius 3 is 2.74 bits per heavy atom. The number of rotatable bonds is 6. The van der Waals surface area contributed by atoms with E-state index in [4.69, 9.17) is 5.11 Å². The Morgan fingerprint density at radius 1 is 1.53 bits per heavy atom. The van der Waals surface area contributed by atoms with Gasteiger partial charge in [-0.2, -0.15) is 5.26 Å². The summed E-state index contributed by atoms with van der Waals surface area (Å²) in [5, 5.41) is 17.9. The Morgan fingerprint density at radius 2 is 2.21 bits per heavy atom. The lowest BCUT2D eigenvalue weighted by Crippen LogP contribution is -2.32. The van der Waals surface area contributed by atoms with Gasteiger partial charge in [0.15, 0.2) is 0 Å². The molecule has 0 saturated heterocycles. The van der Waals surface area contributed by atoms with Gasteiger partial charge in [0, 0.05) is 23.5 Å². The van der Waals surface area contributed by atoms with E-state index in [2.05, 4.69) is 26.9 Å². The highest BCUT2D eigenvalue weighted by Gasteiger charge is 2.15. The van der Waals surface area contributed by atoms with Gasteiger partial charge in [-0.25, -0.2) is 0 Å². The van der Waals surface area contributed by atoms with Crippen molar-refractivity contribution in [3.05, 3.63) is 28.2 Å². The quantitative estimate of drug-likeness (QED) is 0.871. The Labute approximate surface area is 121 Å². The predicted octanol–water partition coefficient (Wildman–Crippen LogP) is 3.40. The molecule has 102 valence electrons. The molecule has 19 heavy (non-hydrogen) atoms. The number of benzene rings is 1. The van der Waals surface area contributed by atoms with Crippen LogP contribution in [-0.2, 0) is 4.79 Å². The van der Waals surface area contributed by atoms with Crippen LogP contribution in [0.5, 0.6) is 0 Å². The number of hydrogen-bond donors (Lipinski definition) is 1. The molecule has 0 bridgehead atoms. The monoisotopic (exact) mass is 324 g/mol. The number of carboxylic acid groups (broad SMARTS) is 1. The molecular formula is C14H17BrN2O2. The summed E-state index contributed by atoms with van der Waals surface area (Å²) in [6, 6.07) is 7.96. The number of carbonyl (C=O) groups is 1. The zero-order valence-corrected chi connectivity index (χ0v) is 12.6. The van der Waals surface area contributed by atoms with Crippen molar-refractivity contribution >= 4 is 27.6 Å². The van der Waals surface area contributed by atoms with E-state index in [0.29, 0.717) is 18.5 Å². The lowest BCUT2D eigenvalue weighted by molar-refractivity contribution is -0.137. The van der Waals surface area contributed by atoms with Crippen LogP contribution in [0.3, 0.4) is 0 Å². The van der Waals surface area contributed by atoms with Crippen LogP contribution >= 0.6 is 15.9 Å². The summed E-state index contributed by atoms with van der Waals surface area (Å²) in [5.74, 6) is -0.792. The first kappa shape index (κ1) is 15.5. The highest BCUT2D eigenvalue weighted by atomic mass is 79.9. The Balaban J connectivity index is 2.93. The second kappa shape index (κ2) is 7.15. The fourth-order valence-corrected chi connectivity index (χ4v) is 2.27. The van der Waals surface area contributed by atoms with E-state index in [-0.39, 0.29) is 12.5 Å². The molecule has 5 heteroatoms. The van der Waals surface area contributed by atoms with E-state index >= 15 is 0 Å². The maximum Gasteiger partial charge on any atom is 0.303 e. The molecule has 0 aliphatic carbocycles. The van der Waals surface area contributed by atoms with E-state index in [0.717, 1.165) is 10.2 Å². The molecule has 0 unspecified atom stereocenters. The highest BCUT2D eigenvalue weighted by Crippen LogP contribution is 2.26. The molecule has 1 N–H and O–H groups in total. The number of nitriles is 1. The lowest BCUT2D eigenvalue weighted by Gasteiger charge is -2.29. The first-order valence-corrected chi connectivity index (χ1v) is 6.93. The van der Waals surface area contributed by atoms with Crippen molar-refractivity contribution in [2.45, 2.75) is 32.7 Å². The van der Waals surface area contributed by atoms with Crippen LogP contribution in [-0.4, -0.2) is 23.7 Å². The van der Waals surface area contributed by atoms with E-state index in [1.165, 1.54) is 0 Å². The fraction of sp³-hybridized carbons (Fsp3) is 0.429. The molecule has 4 nitrogen and oxygen atoms in total. The van der Waals surface area contributed by atoms with Crippen LogP contribution in [0.15, 0.2) is 22.7 Å². The molecule has 1 aromatic rings. The summed E-state index contributed by atoms with van der Waals surface area (Å²) in [5.41, 5.74) is 1.45. The molecule has 0 spiro atoms. The highest BCUT2D eigenvalue weighted by molar-refractivity contribution is 9.10. The van der Waals surface area contributed by atoms with Gasteiger partial charge in [0.2, 0.25) is 0 Å². The third kappa shape index (κ3) is 4.56. The first-order valence-electron chi connectivity index (χ1n) is 6.13. The summed E-state index contributed by atoms with van der Waals surface area (Å²) in [7, 11) is 0. The number of nitrogens with zero attached hydrogens (tertiary/aromatic N) is 2. The smallest absolute Gasteiger partial charge is 0.303 e. The zero-order chi connectivity index (χ0) is 14.4. The Bertz CT molecular complexity index is 495.